The average molecular weight is 893 g/mol. The number of aliphatic hydroxyl groups excluding tert-OH is 2. The lowest BCUT2D eigenvalue weighted by Gasteiger charge is -2.04. The summed E-state index contributed by atoms with van der Waals surface area (Å²) < 4.78 is 55.4. The minimum absolute atomic E-state index is 0. The SMILES string of the molecule is C.C.C.CC(=O)c1ccc(C(=O)OCCO[Si](=O)O)cc1.O.O=C(O)c1ccc(C(=O)O)cc1.O=C(O)c1ccc(C(=O)OCCO[Si](=O)O)cc1.O=[Si]=O.OCCO. The molecule has 0 spiro atoms. The fourth-order valence-electron chi connectivity index (χ4n) is 3.04. The van der Waals surface area contributed by atoms with Crippen LogP contribution in [0.25, 0.3) is 0 Å². The summed E-state index contributed by atoms with van der Waals surface area (Å²) >= 11 is 0. The number of benzene rings is 3. The van der Waals surface area contributed by atoms with E-state index in [1.165, 1.54) is 79.7 Å². The number of ketones is 1. The molecule has 0 atom stereocenters. The molecule has 3 aromatic rings. The molecule has 0 saturated heterocycles. The summed E-state index contributed by atoms with van der Waals surface area (Å²) in [6.45, 7) is 0.612. The smallest absolute Gasteiger partial charge is 0.511 e. The molecule has 9 N–H and O–H groups in total. The second kappa shape index (κ2) is 38.5. The summed E-state index contributed by atoms with van der Waals surface area (Å²) in [5.41, 5.74) is 1.23. The van der Waals surface area contributed by atoms with Crippen molar-refractivity contribution in [2.24, 2.45) is 0 Å². The number of esters is 2. The first-order chi connectivity index (χ1) is 25.9. The van der Waals surface area contributed by atoms with Gasteiger partial charge in [0.15, 0.2) is 5.78 Å². The Morgan fingerprint density at radius 1 is 0.508 bits per heavy atom. The van der Waals surface area contributed by atoms with Gasteiger partial charge in [0.05, 0.1) is 41.0 Å². The molecule has 0 radical (unpaired) electrons. The summed E-state index contributed by atoms with van der Waals surface area (Å²) in [5, 5.41) is 40.8. The second-order valence-corrected chi connectivity index (χ2v) is 11.0. The third kappa shape index (κ3) is 32.4. The molecule has 0 aliphatic carbocycles. The van der Waals surface area contributed by atoms with Crippen LogP contribution in [-0.2, 0) is 36.2 Å². The zero-order chi connectivity index (χ0) is 42.3. The first-order valence-corrected chi connectivity index (χ1v) is 18.1. The van der Waals surface area contributed by atoms with Crippen LogP contribution in [0.2, 0.25) is 0 Å². The van der Waals surface area contributed by atoms with Crippen LogP contribution in [0.4, 0.5) is 0 Å². The molecule has 59 heavy (non-hydrogen) atoms. The van der Waals surface area contributed by atoms with Crippen LogP contribution in [0.15, 0.2) is 72.8 Å². The van der Waals surface area contributed by atoms with Gasteiger partial charge in [-0.3, -0.25) is 22.6 Å². The molecular weight excluding hydrogens is 845 g/mol. The van der Waals surface area contributed by atoms with E-state index in [1.807, 2.05) is 0 Å². The summed E-state index contributed by atoms with van der Waals surface area (Å²) in [6.07, 6.45) is 0. The minimum atomic E-state index is -3.02. The Labute approximate surface area is 343 Å². The Balaban J connectivity index is -0.000000162. The van der Waals surface area contributed by atoms with Crippen molar-refractivity contribution in [3.8, 4) is 0 Å². The number of carbonyl (C=O) groups excluding carboxylic acids is 3. The van der Waals surface area contributed by atoms with Gasteiger partial charge in [-0.05, 0) is 67.6 Å². The molecule has 25 heteroatoms. The van der Waals surface area contributed by atoms with E-state index >= 15 is 0 Å². The number of rotatable bonds is 15. The number of carboxylic acids is 3. The molecule has 0 saturated carbocycles. The Bertz CT molecular complexity index is 1620. The minimum Gasteiger partial charge on any atom is -0.511 e. The van der Waals surface area contributed by atoms with Crippen molar-refractivity contribution in [2.45, 2.75) is 29.2 Å². The highest BCUT2D eigenvalue weighted by atomic mass is 28.3. The Morgan fingerprint density at radius 2 is 0.729 bits per heavy atom. The van der Waals surface area contributed by atoms with Crippen molar-refractivity contribution in [1.82, 2.24) is 0 Å². The standard InChI is InChI=1S/C11H12O6Si.C10H10O7Si.C8H6O4.C2H6O2.3CH4.O2Si.H2O/c1-8(12)9-2-4-10(5-3-9)11(13)16-6-7-17-18(14)15;11-9(12)7-1-3-8(4-2-7)10(13)16-5-6-17-18(14)15;9-7(10)5-1-2-6(4-3-5)8(11)12;3-1-2-4;;;;1-3-2;/h2-5,14H,6-7H2,1H3;1-4,14H,5-6H2,(H,11,12);1-4H,(H,9,10)(H,11,12);3-4H,1-2H2;3*1H4;;1H2. The topological polar surface area (TPSA) is 381 Å². The van der Waals surface area contributed by atoms with Crippen molar-refractivity contribution >= 4 is 63.3 Å². The number of hydrogen-bond donors (Lipinski definition) is 7. The maximum atomic E-state index is 11.5. The normalized spacial score (nSPS) is 8.39. The number of aromatic carboxylic acids is 3. The van der Waals surface area contributed by atoms with Crippen molar-refractivity contribution in [3.63, 3.8) is 0 Å². The molecule has 22 nitrogen and oxygen atoms in total. The molecule has 3 rings (SSSR count). The first-order valence-electron chi connectivity index (χ1n) is 14.7. The molecule has 0 unspecified atom stereocenters. The van der Waals surface area contributed by atoms with Gasteiger partial charge in [-0.2, -0.15) is 0 Å². The molecule has 0 fully saturated rings. The van der Waals surface area contributed by atoms with E-state index in [-0.39, 0.29) is 95.4 Å². The number of carboxylic acid groups (broad SMARTS) is 3. The predicted octanol–water partition coefficient (Wildman–Crippen LogP) is 0.955. The summed E-state index contributed by atoms with van der Waals surface area (Å²) in [7, 11) is -7.42. The molecule has 0 bridgehead atoms. The third-order valence-electron chi connectivity index (χ3n) is 5.46. The van der Waals surface area contributed by atoms with Gasteiger partial charge in [-0.25, -0.2) is 24.0 Å². The van der Waals surface area contributed by atoms with Gasteiger partial charge < -0.3 is 58.9 Å². The van der Waals surface area contributed by atoms with Crippen molar-refractivity contribution in [3.05, 3.63) is 106 Å². The van der Waals surface area contributed by atoms with Crippen LogP contribution < -0.4 is 0 Å². The van der Waals surface area contributed by atoms with E-state index < -0.39 is 57.5 Å². The zero-order valence-electron chi connectivity index (χ0n) is 29.0. The predicted molar refractivity (Wildman–Crippen MR) is 205 cm³/mol. The molecule has 3 aromatic carbocycles. The number of hydrogen-bond acceptors (Lipinski definition) is 16. The monoisotopic (exact) mass is 892 g/mol. The lowest BCUT2D eigenvalue weighted by Crippen LogP contribution is -2.14. The number of ether oxygens (including phenoxy) is 2. The second-order valence-electron chi connectivity index (χ2n) is 9.23. The van der Waals surface area contributed by atoms with Crippen LogP contribution in [0, 0.1) is 0 Å². The molecule has 0 aliphatic rings. The highest BCUT2D eigenvalue weighted by molar-refractivity contribution is 6.24. The molecule has 0 aliphatic heterocycles. The highest BCUT2D eigenvalue weighted by Gasteiger charge is 2.11. The average Bonchev–Trinajstić information content (AvgIpc) is 3.15. The van der Waals surface area contributed by atoms with E-state index in [2.05, 4.69) is 8.85 Å². The van der Waals surface area contributed by atoms with Crippen LogP contribution in [0.5, 0.6) is 0 Å². The van der Waals surface area contributed by atoms with E-state index in [9.17, 15) is 37.7 Å². The van der Waals surface area contributed by atoms with Crippen molar-refractivity contribution in [1.29, 1.82) is 0 Å². The lowest BCUT2D eigenvalue weighted by atomic mass is 10.1. The van der Waals surface area contributed by atoms with Gasteiger partial charge in [0, 0.05) is 5.56 Å². The molecule has 328 valence electrons. The molecular formula is C34H48O22Si3. The molecule has 0 heterocycles. The van der Waals surface area contributed by atoms with E-state index in [0.717, 1.165) is 0 Å². The quantitative estimate of drug-likeness (QED) is 0.0483. The van der Waals surface area contributed by atoms with Crippen molar-refractivity contribution < 1.29 is 106 Å². The Hall–Kier alpha value is -6.39. The highest BCUT2D eigenvalue weighted by Crippen LogP contribution is 2.08. The zero-order valence-corrected chi connectivity index (χ0v) is 32.0. The molecule has 0 amide bonds. The summed E-state index contributed by atoms with van der Waals surface area (Å²) in [6, 6.07) is 16.2. The van der Waals surface area contributed by atoms with E-state index in [4.69, 9.17) is 53.5 Å². The van der Waals surface area contributed by atoms with Crippen molar-refractivity contribution in [2.75, 3.05) is 39.6 Å². The maximum Gasteiger partial charge on any atom is 0.764 e. The fraction of sp³-hybridized carbons (Fsp3) is 0.294. The van der Waals surface area contributed by atoms with Gasteiger partial charge in [0.25, 0.3) is 0 Å². The van der Waals surface area contributed by atoms with Crippen LogP contribution in [0.3, 0.4) is 0 Å². The van der Waals surface area contributed by atoms with Gasteiger partial charge >= 0.3 is 57.5 Å². The summed E-state index contributed by atoms with van der Waals surface area (Å²) in [4.78, 5) is 81.9. The molecule has 0 aromatic heterocycles. The lowest BCUT2D eigenvalue weighted by molar-refractivity contribution is 0.0423. The van der Waals surface area contributed by atoms with Crippen LogP contribution in [0.1, 0.15) is 91.4 Å². The van der Waals surface area contributed by atoms with Gasteiger partial charge in [-0.15, -0.1) is 0 Å². The fourth-order valence-corrected chi connectivity index (χ4v) is 3.55. The summed E-state index contributed by atoms with van der Waals surface area (Å²) in [5.74, 6) is -4.54. The Morgan fingerprint density at radius 3 is 0.915 bits per heavy atom. The van der Waals surface area contributed by atoms with Gasteiger partial charge in [-0.1, -0.05) is 34.4 Å². The number of aliphatic hydroxyl groups is 2. The van der Waals surface area contributed by atoms with Crippen LogP contribution >= 0.6 is 0 Å². The largest absolute Gasteiger partial charge is 0.764 e. The van der Waals surface area contributed by atoms with E-state index in [1.54, 1.807) is 0 Å². The number of Topliss-reactive ketones (excluding diaryl/α,β-unsaturated/α-hetero) is 1. The van der Waals surface area contributed by atoms with E-state index in [0.29, 0.717) is 11.1 Å². The van der Waals surface area contributed by atoms with Gasteiger partial charge in [0.2, 0.25) is 0 Å². The Kier molecular flexibility index (Phi) is 42.1. The van der Waals surface area contributed by atoms with Gasteiger partial charge in [0.1, 0.15) is 26.4 Å². The maximum absolute atomic E-state index is 11.5. The first kappa shape index (κ1) is 64.5. The third-order valence-corrected chi connectivity index (χ3v) is 6.36. The van der Waals surface area contributed by atoms with Crippen LogP contribution in [-0.4, -0.2) is 144 Å². The number of carbonyl (C=O) groups is 6.